The van der Waals surface area contributed by atoms with Crippen molar-refractivity contribution in [1.82, 2.24) is 19.9 Å². The average Bonchev–Trinajstić information content (AvgIpc) is 2.65. The van der Waals surface area contributed by atoms with Gasteiger partial charge in [-0.25, -0.2) is 15.0 Å². The summed E-state index contributed by atoms with van der Waals surface area (Å²) in [6.07, 6.45) is 7.48. The highest BCUT2D eigenvalue weighted by molar-refractivity contribution is 5.65. The van der Waals surface area contributed by atoms with Gasteiger partial charge in [-0.05, 0) is 19.3 Å². The number of anilines is 3. The van der Waals surface area contributed by atoms with Crippen LogP contribution in [0, 0.1) is 0 Å². The lowest BCUT2D eigenvalue weighted by Gasteiger charge is -2.55. The van der Waals surface area contributed by atoms with E-state index in [0.29, 0.717) is 12.1 Å². The van der Waals surface area contributed by atoms with Gasteiger partial charge in [0.1, 0.15) is 5.82 Å². The second kappa shape index (κ2) is 5.80. The number of hydrogen-bond donors (Lipinski definition) is 1. The van der Waals surface area contributed by atoms with Gasteiger partial charge < -0.3 is 20.3 Å². The Morgan fingerprint density at radius 3 is 2.52 bits per heavy atom. The Morgan fingerprint density at radius 1 is 1.08 bits per heavy atom. The van der Waals surface area contributed by atoms with Crippen molar-refractivity contribution in [3.8, 4) is 11.3 Å². The molecule has 0 aromatic carbocycles. The molecule has 0 amide bonds. The van der Waals surface area contributed by atoms with Gasteiger partial charge in [0, 0.05) is 43.7 Å². The lowest BCUT2D eigenvalue weighted by Crippen LogP contribution is -2.71. The highest BCUT2D eigenvalue weighted by Gasteiger charge is 2.48. The van der Waals surface area contributed by atoms with E-state index in [2.05, 4.69) is 19.8 Å². The average molecular weight is 339 g/mol. The van der Waals surface area contributed by atoms with Crippen LogP contribution in [0.15, 0.2) is 18.5 Å². The van der Waals surface area contributed by atoms with Crippen LogP contribution in [0.4, 0.5) is 17.7 Å². The largest absolute Gasteiger partial charge is 0.372 e. The molecule has 2 atom stereocenters. The number of nitrogens with zero attached hydrogens (tertiary/aromatic N) is 6. The van der Waals surface area contributed by atoms with Crippen LogP contribution in [0.1, 0.15) is 19.3 Å². The summed E-state index contributed by atoms with van der Waals surface area (Å²) in [5.74, 6) is 2.03. The van der Waals surface area contributed by atoms with Gasteiger partial charge in [-0.15, -0.1) is 0 Å². The number of ether oxygens (including phenoxy) is 1. The summed E-state index contributed by atoms with van der Waals surface area (Å²) in [5, 5.41) is 0. The van der Waals surface area contributed by atoms with Gasteiger partial charge in [-0.1, -0.05) is 0 Å². The van der Waals surface area contributed by atoms with Crippen LogP contribution in [0.5, 0.6) is 0 Å². The predicted octanol–water partition coefficient (Wildman–Crippen LogP) is 1.09. The van der Waals surface area contributed by atoms with E-state index in [0.717, 1.165) is 49.3 Å². The molecule has 25 heavy (non-hydrogen) atoms. The number of aromatic nitrogens is 4. The molecule has 0 saturated carbocycles. The van der Waals surface area contributed by atoms with Crippen molar-refractivity contribution in [2.24, 2.45) is 0 Å². The van der Waals surface area contributed by atoms with Gasteiger partial charge >= 0.3 is 0 Å². The molecule has 3 fully saturated rings. The number of rotatable bonds is 3. The minimum absolute atomic E-state index is 0.270. The van der Waals surface area contributed by atoms with Gasteiger partial charge in [-0.3, -0.25) is 0 Å². The number of morpholine rings is 1. The maximum Gasteiger partial charge on any atom is 0.227 e. The second-order valence-corrected chi connectivity index (χ2v) is 6.88. The van der Waals surface area contributed by atoms with E-state index in [1.165, 1.54) is 19.3 Å². The Balaban J connectivity index is 1.53. The SMILES string of the molecule is Nc1ncc(-c2cc(N3CC4OC[C@H]43)nc(N3CCCCC3)n2)cn1. The van der Waals surface area contributed by atoms with Crippen LogP contribution < -0.4 is 15.5 Å². The van der Waals surface area contributed by atoms with Gasteiger partial charge in [0.2, 0.25) is 11.9 Å². The molecule has 5 heterocycles. The minimum atomic E-state index is 0.270. The highest BCUT2D eigenvalue weighted by atomic mass is 16.5. The fourth-order valence-corrected chi connectivity index (χ4v) is 3.66. The predicted molar refractivity (Wildman–Crippen MR) is 94.4 cm³/mol. The maximum atomic E-state index is 5.62. The molecule has 0 radical (unpaired) electrons. The summed E-state index contributed by atoms with van der Waals surface area (Å²) in [7, 11) is 0. The summed E-state index contributed by atoms with van der Waals surface area (Å²) < 4.78 is 5.53. The molecule has 1 unspecified atom stereocenters. The van der Waals surface area contributed by atoms with Crippen LogP contribution in [0.3, 0.4) is 0 Å². The summed E-state index contributed by atoms with van der Waals surface area (Å²) in [6, 6.07) is 2.48. The summed E-state index contributed by atoms with van der Waals surface area (Å²) in [6.45, 7) is 3.71. The van der Waals surface area contributed by atoms with E-state index in [1.807, 2.05) is 6.07 Å². The normalized spacial score (nSPS) is 25.1. The van der Waals surface area contributed by atoms with Gasteiger partial charge in [0.15, 0.2) is 0 Å². The molecule has 0 spiro atoms. The van der Waals surface area contributed by atoms with Crippen molar-refractivity contribution in [2.75, 3.05) is 41.8 Å². The number of piperidine rings is 1. The topological polar surface area (TPSA) is 93.3 Å². The van der Waals surface area contributed by atoms with E-state index in [9.17, 15) is 0 Å². The van der Waals surface area contributed by atoms with E-state index >= 15 is 0 Å². The van der Waals surface area contributed by atoms with Crippen LogP contribution in [0.25, 0.3) is 11.3 Å². The second-order valence-electron chi connectivity index (χ2n) is 6.88. The minimum Gasteiger partial charge on any atom is -0.372 e. The number of nitrogens with two attached hydrogens (primary N) is 1. The Bertz CT molecular complexity index is 752. The first kappa shape index (κ1) is 14.8. The molecule has 3 saturated heterocycles. The lowest BCUT2D eigenvalue weighted by atomic mass is 9.95. The van der Waals surface area contributed by atoms with Crippen LogP contribution in [-0.2, 0) is 4.74 Å². The van der Waals surface area contributed by atoms with Crippen molar-refractivity contribution in [3.63, 3.8) is 0 Å². The molecule has 0 bridgehead atoms. The van der Waals surface area contributed by atoms with Crippen molar-refractivity contribution in [2.45, 2.75) is 31.4 Å². The van der Waals surface area contributed by atoms with Crippen LogP contribution in [-0.4, -0.2) is 58.3 Å². The van der Waals surface area contributed by atoms with Crippen LogP contribution in [0.2, 0.25) is 0 Å². The smallest absolute Gasteiger partial charge is 0.227 e. The first-order chi connectivity index (χ1) is 12.3. The Morgan fingerprint density at radius 2 is 1.88 bits per heavy atom. The summed E-state index contributed by atoms with van der Waals surface area (Å²) in [5.41, 5.74) is 7.32. The van der Waals surface area contributed by atoms with E-state index in [-0.39, 0.29) is 5.95 Å². The van der Waals surface area contributed by atoms with E-state index in [4.69, 9.17) is 20.4 Å². The van der Waals surface area contributed by atoms with Gasteiger partial charge in [0.25, 0.3) is 0 Å². The molecule has 5 rings (SSSR count). The summed E-state index contributed by atoms with van der Waals surface area (Å²) >= 11 is 0. The highest BCUT2D eigenvalue weighted by Crippen LogP contribution is 2.36. The fourth-order valence-electron chi connectivity index (χ4n) is 3.66. The number of nitrogen functional groups attached to an aromatic ring is 1. The van der Waals surface area contributed by atoms with Gasteiger partial charge in [-0.2, -0.15) is 4.98 Å². The fraction of sp³-hybridized carbons (Fsp3) is 0.529. The zero-order valence-corrected chi connectivity index (χ0v) is 14.0. The third-order valence-corrected chi connectivity index (χ3v) is 5.29. The monoisotopic (exact) mass is 339 g/mol. The Kier molecular flexibility index (Phi) is 3.44. The van der Waals surface area contributed by atoms with Crippen molar-refractivity contribution < 1.29 is 4.74 Å². The first-order valence-corrected chi connectivity index (χ1v) is 8.88. The Hall–Kier alpha value is -2.48. The van der Waals surface area contributed by atoms with Crippen molar-refractivity contribution in [1.29, 1.82) is 0 Å². The standard InChI is InChI=1S/C17H21N7O/c18-16-19-7-11(8-20-16)12-6-15(24-9-14-13(24)10-25-14)22-17(21-12)23-4-2-1-3-5-23/h6-8,13-14H,1-5,9-10H2,(H2,18,19,20)/t13-,14?/m1/s1. The van der Waals surface area contributed by atoms with Crippen molar-refractivity contribution in [3.05, 3.63) is 18.5 Å². The molecular formula is C17H21N7O. The quantitative estimate of drug-likeness (QED) is 0.888. The summed E-state index contributed by atoms with van der Waals surface area (Å²) in [4.78, 5) is 22.5. The van der Waals surface area contributed by atoms with Crippen molar-refractivity contribution >= 4 is 17.7 Å². The molecule has 2 aromatic rings. The van der Waals surface area contributed by atoms with Gasteiger partial charge in [0.05, 0.1) is 24.4 Å². The third-order valence-electron chi connectivity index (χ3n) is 5.29. The van der Waals surface area contributed by atoms with Crippen LogP contribution >= 0.6 is 0 Å². The van der Waals surface area contributed by atoms with E-state index in [1.54, 1.807) is 12.4 Å². The Labute approximate surface area is 146 Å². The number of fused-ring (bicyclic) bond motifs is 1. The molecule has 8 nitrogen and oxygen atoms in total. The molecular weight excluding hydrogens is 318 g/mol. The first-order valence-electron chi connectivity index (χ1n) is 8.88. The zero-order chi connectivity index (χ0) is 16.8. The lowest BCUT2D eigenvalue weighted by molar-refractivity contribution is -0.113. The zero-order valence-electron chi connectivity index (χ0n) is 14.0. The molecule has 3 aliphatic heterocycles. The molecule has 8 heteroatoms. The number of hydrogen-bond acceptors (Lipinski definition) is 8. The molecule has 3 aliphatic rings. The molecule has 2 N–H and O–H groups in total. The molecule has 2 aromatic heterocycles. The third kappa shape index (κ3) is 2.57. The molecule has 130 valence electrons. The molecule has 0 aliphatic carbocycles. The van der Waals surface area contributed by atoms with E-state index < -0.39 is 0 Å². The maximum absolute atomic E-state index is 5.62.